The van der Waals surface area contributed by atoms with Crippen molar-refractivity contribution in [1.29, 1.82) is 0 Å². The van der Waals surface area contributed by atoms with Crippen molar-refractivity contribution >= 4 is 22.9 Å². The molecule has 0 unspecified atom stereocenters. The van der Waals surface area contributed by atoms with E-state index < -0.39 is 23.9 Å². The standard InChI is InChI=1S/C22H23F3N6O2/c23-12-4-5-31(11-12)22(32)33-15-3-1-2-14(7-15)29-21-18(25)10-28-20(30-21)17-9-27-19-16(17)6-13(24)8-26-19/h6,8-10,12,14-15H,1-5,7,11H2,(H,26,27)(H,28,29,30)/t12-,14+,15-/m1/s1. The van der Waals surface area contributed by atoms with Crippen molar-refractivity contribution in [1.82, 2.24) is 24.8 Å². The van der Waals surface area contributed by atoms with E-state index in [-0.39, 0.29) is 30.3 Å². The van der Waals surface area contributed by atoms with Crippen LogP contribution in [0.2, 0.25) is 0 Å². The maximum absolute atomic E-state index is 14.5. The van der Waals surface area contributed by atoms with Gasteiger partial charge in [-0.1, -0.05) is 0 Å². The van der Waals surface area contributed by atoms with Gasteiger partial charge in [-0.2, -0.15) is 0 Å². The van der Waals surface area contributed by atoms with Crippen LogP contribution in [0.25, 0.3) is 22.4 Å². The summed E-state index contributed by atoms with van der Waals surface area (Å²) in [6.45, 7) is 0.423. The van der Waals surface area contributed by atoms with E-state index in [4.69, 9.17) is 4.74 Å². The van der Waals surface area contributed by atoms with Gasteiger partial charge >= 0.3 is 6.09 Å². The summed E-state index contributed by atoms with van der Waals surface area (Å²) in [6.07, 6.45) is 4.98. The summed E-state index contributed by atoms with van der Waals surface area (Å²) in [6, 6.07) is 1.16. The molecular weight excluding hydrogens is 437 g/mol. The average molecular weight is 460 g/mol. The van der Waals surface area contributed by atoms with Gasteiger partial charge in [0.15, 0.2) is 17.5 Å². The zero-order chi connectivity index (χ0) is 22.9. The molecule has 0 bridgehead atoms. The molecule has 1 amide bonds. The molecular formula is C22H23F3N6O2. The first-order valence-electron chi connectivity index (χ1n) is 11.0. The maximum atomic E-state index is 14.5. The largest absolute Gasteiger partial charge is 0.446 e. The molecule has 2 N–H and O–H groups in total. The predicted molar refractivity (Wildman–Crippen MR) is 114 cm³/mol. The predicted octanol–water partition coefficient (Wildman–Crippen LogP) is 4.20. The number of alkyl halides is 1. The molecule has 1 saturated heterocycles. The van der Waals surface area contributed by atoms with Gasteiger partial charge in [-0.15, -0.1) is 0 Å². The molecule has 3 atom stereocenters. The van der Waals surface area contributed by atoms with E-state index >= 15 is 0 Å². The number of carbonyl (C=O) groups is 1. The molecule has 0 radical (unpaired) electrons. The third kappa shape index (κ3) is 4.57. The first-order valence-corrected chi connectivity index (χ1v) is 11.0. The number of nitrogens with zero attached hydrogens (tertiary/aromatic N) is 4. The molecule has 1 aliphatic carbocycles. The van der Waals surface area contributed by atoms with E-state index in [1.807, 2.05) is 0 Å². The van der Waals surface area contributed by atoms with Crippen LogP contribution in [-0.2, 0) is 4.74 Å². The number of halogens is 3. The number of nitrogens with one attached hydrogen (secondary N) is 2. The molecule has 4 heterocycles. The summed E-state index contributed by atoms with van der Waals surface area (Å²) in [5, 5.41) is 3.59. The molecule has 8 nitrogen and oxygen atoms in total. The zero-order valence-electron chi connectivity index (χ0n) is 17.7. The summed E-state index contributed by atoms with van der Waals surface area (Å²) >= 11 is 0. The fourth-order valence-corrected chi connectivity index (χ4v) is 4.44. The van der Waals surface area contributed by atoms with Gasteiger partial charge in [0.1, 0.15) is 23.7 Å². The van der Waals surface area contributed by atoms with Crippen molar-refractivity contribution in [3.8, 4) is 11.4 Å². The van der Waals surface area contributed by atoms with Crippen molar-refractivity contribution in [3.05, 3.63) is 36.3 Å². The van der Waals surface area contributed by atoms with E-state index in [0.29, 0.717) is 42.4 Å². The van der Waals surface area contributed by atoms with Crippen LogP contribution >= 0.6 is 0 Å². The lowest BCUT2D eigenvalue weighted by Crippen LogP contribution is -2.37. The molecule has 1 saturated carbocycles. The lowest BCUT2D eigenvalue weighted by molar-refractivity contribution is 0.0472. The van der Waals surface area contributed by atoms with E-state index in [0.717, 1.165) is 25.2 Å². The fraction of sp³-hybridized carbons (Fsp3) is 0.455. The Bertz CT molecular complexity index is 1170. The average Bonchev–Trinajstić information content (AvgIpc) is 3.42. The Morgan fingerprint density at radius 2 is 2.09 bits per heavy atom. The van der Waals surface area contributed by atoms with Gasteiger partial charge in [0, 0.05) is 36.2 Å². The number of fused-ring (bicyclic) bond motifs is 1. The molecule has 0 spiro atoms. The minimum absolute atomic E-state index is 0.0236. The number of aromatic amines is 1. The monoisotopic (exact) mass is 460 g/mol. The van der Waals surface area contributed by atoms with Gasteiger partial charge in [-0.25, -0.2) is 32.9 Å². The summed E-state index contributed by atoms with van der Waals surface area (Å²) in [5.41, 5.74) is 0.982. The van der Waals surface area contributed by atoms with E-state index in [1.54, 1.807) is 6.20 Å². The fourth-order valence-electron chi connectivity index (χ4n) is 4.44. The summed E-state index contributed by atoms with van der Waals surface area (Å²) in [5.74, 6) is -0.864. The minimum Gasteiger partial charge on any atom is -0.446 e. The van der Waals surface area contributed by atoms with E-state index in [9.17, 15) is 18.0 Å². The Hall–Kier alpha value is -3.37. The Balaban J connectivity index is 1.29. The third-order valence-electron chi connectivity index (χ3n) is 6.11. The van der Waals surface area contributed by atoms with Crippen LogP contribution in [0.5, 0.6) is 0 Å². The Morgan fingerprint density at radius 1 is 1.21 bits per heavy atom. The quantitative estimate of drug-likeness (QED) is 0.606. The summed E-state index contributed by atoms with van der Waals surface area (Å²) in [7, 11) is 0. The van der Waals surface area contributed by atoms with Gasteiger partial charge < -0.3 is 19.9 Å². The minimum atomic E-state index is -1.00. The maximum Gasteiger partial charge on any atom is 0.410 e. The molecule has 5 rings (SSSR count). The Kier molecular flexibility index (Phi) is 5.77. The van der Waals surface area contributed by atoms with Crippen molar-refractivity contribution in [2.75, 3.05) is 18.4 Å². The second kappa shape index (κ2) is 8.87. The SMILES string of the molecule is O=C(O[C@@H]1CCC[C@H](Nc2nc(-c3c[nH]c4ncc(F)cc34)ncc2F)C1)N1CC[C@@H](F)C1. The number of likely N-dealkylation sites (tertiary alicyclic amines) is 1. The normalized spacial score (nSPS) is 23.1. The number of aromatic nitrogens is 4. The van der Waals surface area contributed by atoms with Gasteiger partial charge in [0.25, 0.3) is 0 Å². The van der Waals surface area contributed by atoms with Crippen LogP contribution in [0.3, 0.4) is 0 Å². The van der Waals surface area contributed by atoms with Gasteiger partial charge in [0.2, 0.25) is 0 Å². The first kappa shape index (κ1) is 21.5. The summed E-state index contributed by atoms with van der Waals surface area (Å²) < 4.78 is 47.1. The molecule has 174 valence electrons. The highest BCUT2D eigenvalue weighted by Crippen LogP contribution is 2.29. The number of amides is 1. The summed E-state index contributed by atoms with van der Waals surface area (Å²) in [4.78, 5) is 29.0. The molecule has 2 fully saturated rings. The van der Waals surface area contributed by atoms with E-state index in [1.165, 1.54) is 11.0 Å². The van der Waals surface area contributed by atoms with Crippen LogP contribution in [0.15, 0.2) is 24.7 Å². The highest BCUT2D eigenvalue weighted by molar-refractivity contribution is 5.91. The van der Waals surface area contributed by atoms with Crippen LogP contribution in [-0.4, -0.2) is 62.3 Å². The Morgan fingerprint density at radius 3 is 2.91 bits per heavy atom. The molecule has 0 aromatic carbocycles. The molecule has 33 heavy (non-hydrogen) atoms. The number of H-pyrrole nitrogens is 1. The number of hydrogen-bond acceptors (Lipinski definition) is 6. The van der Waals surface area contributed by atoms with Crippen LogP contribution in [0.4, 0.5) is 23.8 Å². The molecule has 2 aliphatic rings. The third-order valence-corrected chi connectivity index (χ3v) is 6.11. The molecule has 11 heteroatoms. The van der Waals surface area contributed by atoms with Gasteiger partial charge in [0.05, 0.1) is 18.9 Å². The first-order chi connectivity index (χ1) is 16.0. The molecule has 1 aliphatic heterocycles. The van der Waals surface area contributed by atoms with Crippen molar-refractivity contribution < 1.29 is 22.7 Å². The van der Waals surface area contributed by atoms with Crippen LogP contribution < -0.4 is 5.32 Å². The number of pyridine rings is 1. The topological polar surface area (TPSA) is 96.0 Å². The van der Waals surface area contributed by atoms with Crippen molar-refractivity contribution in [2.24, 2.45) is 0 Å². The zero-order valence-corrected chi connectivity index (χ0v) is 17.7. The molecule has 3 aromatic rings. The van der Waals surface area contributed by atoms with Crippen molar-refractivity contribution in [2.45, 2.75) is 50.4 Å². The Labute approximate surface area is 187 Å². The number of hydrogen-bond donors (Lipinski definition) is 2. The number of ether oxygens (including phenoxy) is 1. The highest BCUT2D eigenvalue weighted by atomic mass is 19.1. The van der Waals surface area contributed by atoms with E-state index in [2.05, 4.69) is 25.3 Å². The highest BCUT2D eigenvalue weighted by Gasteiger charge is 2.31. The van der Waals surface area contributed by atoms with Gasteiger partial charge in [-0.05, 0) is 31.7 Å². The lowest BCUT2D eigenvalue weighted by Gasteiger charge is -2.31. The van der Waals surface area contributed by atoms with Gasteiger partial charge in [-0.3, -0.25) is 0 Å². The van der Waals surface area contributed by atoms with Crippen LogP contribution in [0, 0.1) is 11.6 Å². The molecule has 3 aromatic heterocycles. The second-order valence-electron chi connectivity index (χ2n) is 8.49. The lowest BCUT2D eigenvalue weighted by atomic mass is 9.93. The number of rotatable bonds is 4. The second-order valence-corrected chi connectivity index (χ2v) is 8.49. The number of anilines is 1. The van der Waals surface area contributed by atoms with Crippen LogP contribution in [0.1, 0.15) is 32.1 Å². The number of carbonyl (C=O) groups excluding carboxylic acids is 1. The van der Waals surface area contributed by atoms with Crippen molar-refractivity contribution in [3.63, 3.8) is 0 Å². The smallest absolute Gasteiger partial charge is 0.410 e.